The van der Waals surface area contributed by atoms with E-state index in [9.17, 15) is 14.0 Å². The number of aromatic nitrogens is 3. The van der Waals surface area contributed by atoms with Crippen LogP contribution < -0.4 is 10.6 Å². The molecule has 3 rings (SSSR count). The summed E-state index contributed by atoms with van der Waals surface area (Å²) in [7, 11) is 0. The van der Waals surface area contributed by atoms with E-state index in [1.807, 2.05) is 13.8 Å². The largest absolute Gasteiger partial charge is 0.483 e. The quantitative estimate of drug-likeness (QED) is 0.420. The number of nitrogens with zero attached hydrogens (tertiary/aromatic N) is 3. The number of rotatable bonds is 8. The number of epoxide rings is 1. The summed E-state index contributed by atoms with van der Waals surface area (Å²) in [5.41, 5.74) is 1.21. The molecule has 162 valence electrons. The SMILES string of the molecule is CC(C)CC(NC(=O)C1CO1)C(=O)NCc1cn(-c2ccc(F)cc2)nn1.O=CO. The number of carboxylic acid groups (broad SMARTS) is 1. The van der Waals surface area contributed by atoms with Crippen molar-refractivity contribution in [3.8, 4) is 5.69 Å². The zero-order valence-corrected chi connectivity index (χ0v) is 16.6. The summed E-state index contributed by atoms with van der Waals surface area (Å²) in [6.07, 6.45) is 1.73. The second kappa shape index (κ2) is 11.0. The maximum absolute atomic E-state index is 13.0. The van der Waals surface area contributed by atoms with Gasteiger partial charge in [-0.1, -0.05) is 19.1 Å². The predicted molar refractivity (Wildman–Crippen MR) is 103 cm³/mol. The summed E-state index contributed by atoms with van der Waals surface area (Å²) in [5, 5.41) is 20.4. The molecule has 0 radical (unpaired) electrons. The molecular weight excluding hydrogens is 397 g/mol. The van der Waals surface area contributed by atoms with E-state index >= 15 is 0 Å². The van der Waals surface area contributed by atoms with Gasteiger partial charge in [-0.2, -0.15) is 0 Å². The Morgan fingerprint density at radius 1 is 1.37 bits per heavy atom. The second-order valence-corrected chi connectivity index (χ2v) is 6.97. The van der Waals surface area contributed by atoms with Crippen LogP contribution in [0.25, 0.3) is 5.69 Å². The van der Waals surface area contributed by atoms with Gasteiger partial charge in [-0.15, -0.1) is 5.10 Å². The minimum absolute atomic E-state index is 0.171. The molecule has 1 fully saturated rings. The Bertz CT molecular complexity index is 851. The lowest BCUT2D eigenvalue weighted by Gasteiger charge is -2.19. The first-order valence-corrected chi connectivity index (χ1v) is 9.28. The van der Waals surface area contributed by atoms with Gasteiger partial charge in [0.2, 0.25) is 5.91 Å². The third kappa shape index (κ3) is 7.24. The molecule has 0 bridgehead atoms. The first-order chi connectivity index (χ1) is 14.3. The van der Waals surface area contributed by atoms with Crippen molar-refractivity contribution in [1.29, 1.82) is 0 Å². The molecule has 1 aliphatic heterocycles. The highest BCUT2D eigenvalue weighted by molar-refractivity contribution is 5.90. The van der Waals surface area contributed by atoms with Crippen molar-refractivity contribution in [3.05, 3.63) is 42.0 Å². The van der Waals surface area contributed by atoms with Crippen molar-refractivity contribution in [2.75, 3.05) is 6.61 Å². The monoisotopic (exact) mass is 421 g/mol. The zero-order valence-electron chi connectivity index (χ0n) is 16.6. The van der Waals surface area contributed by atoms with Gasteiger partial charge in [0.05, 0.1) is 25.0 Å². The summed E-state index contributed by atoms with van der Waals surface area (Å²) >= 11 is 0. The lowest BCUT2D eigenvalue weighted by molar-refractivity contribution is -0.130. The molecule has 1 saturated heterocycles. The van der Waals surface area contributed by atoms with Crippen LogP contribution >= 0.6 is 0 Å². The Morgan fingerprint density at radius 2 is 2.00 bits per heavy atom. The minimum Gasteiger partial charge on any atom is -0.483 e. The van der Waals surface area contributed by atoms with Crippen LogP contribution in [0.2, 0.25) is 0 Å². The van der Waals surface area contributed by atoms with Crippen LogP contribution in [0.15, 0.2) is 30.5 Å². The number of amides is 2. The smallest absolute Gasteiger partial charge is 0.290 e. The Morgan fingerprint density at radius 3 is 2.57 bits per heavy atom. The summed E-state index contributed by atoms with van der Waals surface area (Å²) in [6, 6.07) is 5.21. The number of carbonyl (C=O) groups is 3. The average molecular weight is 421 g/mol. The fourth-order valence-corrected chi connectivity index (χ4v) is 2.57. The van der Waals surface area contributed by atoms with Crippen molar-refractivity contribution in [2.45, 2.75) is 39.0 Å². The molecule has 10 nitrogen and oxygen atoms in total. The normalized spacial score (nSPS) is 15.5. The number of hydrogen-bond donors (Lipinski definition) is 3. The highest BCUT2D eigenvalue weighted by atomic mass is 19.1. The number of carbonyl (C=O) groups excluding carboxylic acids is 2. The van der Waals surface area contributed by atoms with Crippen molar-refractivity contribution >= 4 is 18.3 Å². The van der Waals surface area contributed by atoms with Crippen LogP contribution in [0.4, 0.5) is 4.39 Å². The van der Waals surface area contributed by atoms with Crippen molar-refractivity contribution in [1.82, 2.24) is 25.6 Å². The Balaban J connectivity index is 0.00000101. The van der Waals surface area contributed by atoms with Crippen LogP contribution in [0.1, 0.15) is 26.0 Å². The summed E-state index contributed by atoms with van der Waals surface area (Å²) in [5.74, 6) is -0.645. The summed E-state index contributed by atoms with van der Waals surface area (Å²) in [6.45, 7) is 4.28. The number of ether oxygens (including phenoxy) is 1. The van der Waals surface area contributed by atoms with E-state index in [-0.39, 0.29) is 36.6 Å². The summed E-state index contributed by atoms with van der Waals surface area (Å²) < 4.78 is 19.4. The topological polar surface area (TPSA) is 139 Å². The van der Waals surface area contributed by atoms with Gasteiger partial charge in [0.15, 0.2) is 6.10 Å². The zero-order chi connectivity index (χ0) is 22.1. The molecule has 1 aromatic heterocycles. The molecule has 1 aliphatic rings. The molecule has 2 aromatic rings. The molecule has 1 aromatic carbocycles. The van der Waals surface area contributed by atoms with Crippen molar-refractivity contribution in [3.63, 3.8) is 0 Å². The molecule has 30 heavy (non-hydrogen) atoms. The fraction of sp³-hybridized carbons (Fsp3) is 0.421. The number of benzene rings is 1. The molecule has 0 aliphatic carbocycles. The van der Waals surface area contributed by atoms with E-state index in [1.54, 1.807) is 18.3 Å². The van der Waals surface area contributed by atoms with Gasteiger partial charge in [0.25, 0.3) is 12.4 Å². The van der Waals surface area contributed by atoms with E-state index < -0.39 is 12.1 Å². The van der Waals surface area contributed by atoms with E-state index in [0.29, 0.717) is 24.4 Å². The maximum atomic E-state index is 13.0. The van der Waals surface area contributed by atoms with Gasteiger partial charge in [-0.25, -0.2) is 9.07 Å². The Hall–Kier alpha value is -3.34. The summed E-state index contributed by atoms with van der Waals surface area (Å²) in [4.78, 5) is 32.7. The lowest BCUT2D eigenvalue weighted by Crippen LogP contribution is -2.48. The van der Waals surface area contributed by atoms with Gasteiger partial charge < -0.3 is 20.5 Å². The van der Waals surface area contributed by atoms with Gasteiger partial charge >= 0.3 is 0 Å². The average Bonchev–Trinajstić information content (AvgIpc) is 3.45. The van der Waals surface area contributed by atoms with Gasteiger partial charge in [0.1, 0.15) is 17.6 Å². The number of halogens is 1. The van der Waals surface area contributed by atoms with Crippen LogP contribution in [-0.4, -0.2) is 57.1 Å². The Kier molecular flexibility index (Phi) is 8.41. The third-order valence-electron chi connectivity index (χ3n) is 4.04. The lowest BCUT2D eigenvalue weighted by atomic mass is 10.0. The van der Waals surface area contributed by atoms with Gasteiger partial charge in [0, 0.05) is 0 Å². The fourth-order valence-electron chi connectivity index (χ4n) is 2.57. The highest BCUT2D eigenvalue weighted by Crippen LogP contribution is 2.12. The second-order valence-electron chi connectivity index (χ2n) is 6.97. The predicted octanol–water partition coefficient (Wildman–Crippen LogP) is 0.653. The van der Waals surface area contributed by atoms with Crippen molar-refractivity contribution in [2.24, 2.45) is 5.92 Å². The van der Waals surface area contributed by atoms with Crippen LogP contribution in [0.3, 0.4) is 0 Å². The van der Waals surface area contributed by atoms with Crippen molar-refractivity contribution < 1.29 is 28.6 Å². The molecule has 0 saturated carbocycles. The molecule has 0 spiro atoms. The molecule has 11 heteroatoms. The van der Waals surface area contributed by atoms with E-state index in [4.69, 9.17) is 14.6 Å². The minimum atomic E-state index is -0.631. The number of nitrogens with one attached hydrogen (secondary N) is 2. The first-order valence-electron chi connectivity index (χ1n) is 9.28. The molecular formula is C19H24FN5O5. The van der Waals surface area contributed by atoms with E-state index in [1.165, 1.54) is 16.8 Å². The van der Waals surface area contributed by atoms with Gasteiger partial charge in [-0.3, -0.25) is 14.4 Å². The standard InChI is InChI=1S/C18H22FN5O3.CH2O2/c1-11(2)7-15(21-18(26)16-10-27-16)17(25)20-8-13-9-24(23-22-13)14-5-3-12(19)4-6-14;2-1-3/h3-6,9,11,15-16H,7-8,10H2,1-2H3,(H,20,25)(H,21,26);1H,(H,2,3). The van der Waals surface area contributed by atoms with Crippen LogP contribution in [0, 0.1) is 11.7 Å². The first kappa shape index (κ1) is 22.9. The molecule has 2 atom stereocenters. The third-order valence-corrected chi connectivity index (χ3v) is 4.04. The van der Waals surface area contributed by atoms with E-state index in [0.717, 1.165) is 0 Å². The molecule has 3 N–H and O–H groups in total. The molecule has 2 heterocycles. The van der Waals surface area contributed by atoms with Gasteiger partial charge in [-0.05, 0) is 36.6 Å². The Labute approximate surface area is 172 Å². The number of hydrogen-bond acceptors (Lipinski definition) is 6. The molecule has 2 unspecified atom stereocenters. The van der Waals surface area contributed by atoms with Crippen LogP contribution in [-0.2, 0) is 25.7 Å². The maximum Gasteiger partial charge on any atom is 0.290 e. The highest BCUT2D eigenvalue weighted by Gasteiger charge is 2.34. The van der Waals surface area contributed by atoms with E-state index in [2.05, 4.69) is 20.9 Å². The molecule has 2 amide bonds. The van der Waals surface area contributed by atoms with Crippen LogP contribution in [0.5, 0.6) is 0 Å².